The van der Waals surface area contributed by atoms with Crippen LogP contribution in [0.5, 0.6) is 0 Å². The third-order valence-corrected chi connectivity index (χ3v) is 1.94. The van der Waals surface area contributed by atoms with Gasteiger partial charge in [0.15, 0.2) is 6.04 Å². The summed E-state index contributed by atoms with van der Waals surface area (Å²) in [5.41, 5.74) is 5.29. The maximum absolute atomic E-state index is 11.4. The molecule has 0 radical (unpaired) electrons. The van der Waals surface area contributed by atoms with Crippen LogP contribution in [0.1, 0.15) is 19.3 Å². The summed E-state index contributed by atoms with van der Waals surface area (Å²) in [6, 6.07) is -1.15. The Morgan fingerprint density at radius 2 is 1.72 bits per heavy atom. The Bertz CT molecular complexity index is 401. The summed E-state index contributed by atoms with van der Waals surface area (Å²) in [4.78, 5) is 44.6. The first-order valence-corrected chi connectivity index (χ1v) is 4.97. The Labute approximate surface area is 102 Å². The van der Waals surface area contributed by atoms with Crippen LogP contribution >= 0.6 is 0 Å². The molecule has 0 unspecified atom stereocenters. The lowest BCUT2D eigenvalue weighted by Crippen LogP contribution is -2.33. The van der Waals surface area contributed by atoms with E-state index < -0.39 is 11.9 Å². The van der Waals surface area contributed by atoms with E-state index in [0.29, 0.717) is 24.5 Å². The maximum atomic E-state index is 11.4. The van der Waals surface area contributed by atoms with Crippen LogP contribution in [-0.4, -0.2) is 41.9 Å². The highest BCUT2D eigenvalue weighted by Gasteiger charge is 2.25. The van der Waals surface area contributed by atoms with Gasteiger partial charge in [-0.1, -0.05) is 10.2 Å². The van der Waals surface area contributed by atoms with Crippen LogP contribution in [0.25, 0.3) is 0 Å². The van der Waals surface area contributed by atoms with Crippen LogP contribution in [0, 0.1) is 0 Å². The van der Waals surface area contributed by atoms with Crippen molar-refractivity contribution in [2.75, 3.05) is 6.54 Å². The molecule has 0 fully saturated rings. The first-order chi connectivity index (χ1) is 8.71. The molecule has 9 heteroatoms. The third-order valence-electron chi connectivity index (χ3n) is 1.94. The van der Waals surface area contributed by atoms with Gasteiger partial charge >= 0.3 is 0 Å². The van der Waals surface area contributed by atoms with E-state index in [1.165, 1.54) is 0 Å². The van der Waals surface area contributed by atoms with Gasteiger partial charge in [0, 0.05) is 0 Å². The number of nitrogens with two attached hydrogens (primary N) is 1. The lowest BCUT2D eigenvalue weighted by Gasteiger charge is -2.17. The number of amides is 1. The first-order valence-electron chi connectivity index (χ1n) is 4.97. The quantitative estimate of drug-likeness (QED) is 0.259. The van der Waals surface area contributed by atoms with E-state index in [0.717, 1.165) is 18.2 Å². The normalized spacial score (nSPS) is 10.3. The smallest absolute Gasteiger partial charge is 0.283 e. The molecule has 0 aromatic rings. The molecule has 0 aliphatic rings. The van der Waals surface area contributed by atoms with Crippen molar-refractivity contribution in [3.05, 3.63) is 0 Å². The molecule has 0 rings (SSSR count). The van der Waals surface area contributed by atoms with Crippen LogP contribution in [0.3, 0.4) is 0 Å². The Morgan fingerprint density at radius 3 is 2.17 bits per heavy atom. The second kappa shape index (κ2) is 9.77. The van der Waals surface area contributed by atoms with Crippen molar-refractivity contribution in [1.29, 1.82) is 0 Å². The molecule has 2 N–H and O–H groups in total. The van der Waals surface area contributed by atoms with Crippen molar-refractivity contribution in [3.8, 4) is 0 Å². The van der Waals surface area contributed by atoms with E-state index in [4.69, 9.17) is 5.73 Å². The molecule has 96 valence electrons. The molecular formula is C9H11N5O4. The van der Waals surface area contributed by atoms with E-state index in [1.54, 1.807) is 0 Å². The number of isocyanates is 3. The van der Waals surface area contributed by atoms with Crippen LogP contribution in [0.4, 0.5) is 0 Å². The summed E-state index contributed by atoms with van der Waals surface area (Å²) in [7, 11) is 0. The number of hydrazone groups is 2. The number of unbranched alkanes of at least 4 members (excludes halogenated alkanes) is 1. The molecule has 0 bridgehead atoms. The Balaban J connectivity index is 5.00. The van der Waals surface area contributed by atoms with Crippen LogP contribution in [0.15, 0.2) is 15.2 Å². The van der Waals surface area contributed by atoms with Crippen LogP contribution in [-0.2, 0) is 19.2 Å². The Kier molecular flexibility index (Phi) is 8.45. The zero-order valence-corrected chi connectivity index (χ0v) is 9.40. The minimum atomic E-state index is -1.15. The molecular weight excluding hydrogens is 242 g/mol. The fraction of sp³-hybridized carbons (Fsp3) is 0.556. The summed E-state index contributed by atoms with van der Waals surface area (Å²) >= 11 is 0. The number of nitrogens with zero attached hydrogens (tertiary/aromatic N) is 4. The zero-order valence-electron chi connectivity index (χ0n) is 9.40. The highest BCUT2D eigenvalue weighted by molar-refractivity contribution is 5.86. The third kappa shape index (κ3) is 5.60. The SMILES string of the molecule is NCCCC[C@@H](C(=O)N=C=O)N(N=C=O)N=C=O. The van der Waals surface area contributed by atoms with Gasteiger partial charge in [-0.3, -0.25) is 4.79 Å². The molecule has 1 atom stereocenters. The number of carbonyl (C=O) groups is 1. The van der Waals surface area contributed by atoms with E-state index in [9.17, 15) is 19.2 Å². The highest BCUT2D eigenvalue weighted by atomic mass is 16.2. The minimum absolute atomic E-state index is 0.164. The molecule has 0 saturated carbocycles. The molecule has 0 aliphatic heterocycles. The Morgan fingerprint density at radius 1 is 1.11 bits per heavy atom. The standard InChI is InChI=1S/C9H11N5O4/c10-4-2-1-3-8(9(18)11-5-15)14(12-6-16)13-7-17/h8H,1-4,10H2/t8-/m0/s1. The Hall–Kier alpha value is -2.43. The first kappa shape index (κ1) is 15.6. The van der Waals surface area contributed by atoms with E-state index in [1.807, 2.05) is 0 Å². The van der Waals surface area contributed by atoms with E-state index in [-0.39, 0.29) is 6.42 Å². The molecule has 0 aromatic carbocycles. The summed E-state index contributed by atoms with van der Waals surface area (Å²) in [5, 5.41) is 6.62. The van der Waals surface area contributed by atoms with Crippen molar-refractivity contribution in [3.63, 3.8) is 0 Å². The monoisotopic (exact) mass is 253 g/mol. The molecule has 9 nitrogen and oxygen atoms in total. The summed E-state index contributed by atoms with van der Waals surface area (Å²) in [5.74, 6) is -0.917. The van der Waals surface area contributed by atoms with Gasteiger partial charge in [-0.05, 0) is 25.8 Å². The molecule has 0 spiro atoms. The summed E-state index contributed by atoms with van der Waals surface area (Å²) < 4.78 is 0. The van der Waals surface area contributed by atoms with Gasteiger partial charge < -0.3 is 5.73 Å². The lowest BCUT2D eigenvalue weighted by atomic mass is 10.1. The number of hydrogen-bond acceptors (Lipinski definition) is 8. The predicted molar refractivity (Wildman–Crippen MR) is 57.9 cm³/mol. The van der Waals surface area contributed by atoms with Crippen LogP contribution in [0.2, 0.25) is 0 Å². The number of rotatable bonds is 8. The summed E-state index contributed by atoms with van der Waals surface area (Å²) in [6.07, 6.45) is 4.61. The molecule has 0 heterocycles. The van der Waals surface area contributed by atoms with Crippen molar-refractivity contribution in [2.45, 2.75) is 25.3 Å². The molecule has 18 heavy (non-hydrogen) atoms. The van der Waals surface area contributed by atoms with Crippen LogP contribution < -0.4 is 5.73 Å². The van der Waals surface area contributed by atoms with Crippen molar-refractivity contribution >= 4 is 24.1 Å². The van der Waals surface area contributed by atoms with Crippen molar-refractivity contribution in [1.82, 2.24) is 5.12 Å². The fourth-order valence-electron chi connectivity index (χ4n) is 1.18. The predicted octanol–water partition coefficient (Wildman–Crippen LogP) is -0.850. The van der Waals surface area contributed by atoms with Crippen molar-refractivity contribution in [2.24, 2.45) is 20.9 Å². The molecule has 0 saturated heterocycles. The van der Waals surface area contributed by atoms with E-state index >= 15 is 0 Å². The number of carbonyl (C=O) groups excluding carboxylic acids is 4. The average molecular weight is 253 g/mol. The van der Waals surface area contributed by atoms with Gasteiger partial charge in [0.25, 0.3) is 18.1 Å². The molecule has 1 amide bonds. The second-order valence-electron chi connectivity index (χ2n) is 3.04. The van der Waals surface area contributed by atoms with Crippen molar-refractivity contribution < 1.29 is 19.2 Å². The van der Waals surface area contributed by atoms with Gasteiger partial charge in [0.1, 0.15) is 0 Å². The second-order valence-corrected chi connectivity index (χ2v) is 3.04. The van der Waals surface area contributed by atoms with Gasteiger partial charge in [0.05, 0.1) is 0 Å². The number of aliphatic imine (C=N–C) groups is 1. The largest absolute Gasteiger partial charge is 0.330 e. The average Bonchev–Trinajstić information content (AvgIpc) is 2.35. The highest BCUT2D eigenvalue weighted by Crippen LogP contribution is 2.11. The maximum Gasteiger partial charge on any atom is 0.283 e. The van der Waals surface area contributed by atoms with Gasteiger partial charge in [-0.25, -0.2) is 14.4 Å². The number of hydrogen-bond donors (Lipinski definition) is 1. The molecule has 0 aromatic heterocycles. The fourth-order valence-corrected chi connectivity index (χ4v) is 1.18. The van der Waals surface area contributed by atoms with E-state index in [2.05, 4.69) is 15.2 Å². The van der Waals surface area contributed by atoms with Gasteiger partial charge in [-0.15, -0.1) is 10.1 Å². The lowest BCUT2D eigenvalue weighted by molar-refractivity contribution is -0.123. The minimum Gasteiger partial charge on any atom is -0.330 e. The summed E-state index contributed by atoms with van der Waals surface area (Å²) in [6.45, 7) is 0.408. The topological polar surface area (TPSA) is 135 Å². The zero-order chi connectivity index (χ0) is 13.8. The molecule has 0 aliphatic carbocycles. The van der Waals surface area contributed by atoms with Gasteiger partial charge in [0.2, 0.25) is 6.08 Å². The van der Waals surface area contributed by atoms with Gasteiger partial charge in [-0.2, -0.15) is 0 Å².